The van der Waals surface area contributed by atoms with Crippen LogP contribution in [-0.2, 0) is 14.3 Å². The lowest BCUT2D eigenvalue weighted by atomic mass is 9.88. The molecule has 4 heteroatoms. The third-order valence-corrected chi connectivity index (χ3v) is 3.43. The normalized spacial score (nSPS) is 14.5. The summed E-state index contributed by atoms with van der Waals surface area (Å²) >= 11 is 0. The van der Waals surface area contributed by atoms with Gasteiger partial charge in [0.15, 0.2) is 5.76 Å². The first-order valence-electron chi connectivity index (χ1n) is 6.12. The number of allylic oxidation sites excluding steroid dienone is 1. The molecule has 3 rings (SSSR count). The molecule has 0 saturated heterocycles. The van der Waals surface area contributed by atoms with Crippen LogP contribution in [-0.4, -0.2) is 25.8 Å². The first kappa shape index (κ1) is 12.4. The van der Waals surface area contributed by atoms with Gasteiger partial charge < -0.3 is 9.47 Å². The number of ketones is 2. The molecule has 2 aromatic rings. The molecule has 0 unspecified atom stereocenters. The molecule has 0 spiro atoms. The van der Waals surface area contributed by atoms with Crippen LogP contribution >= 0.6 is 0 Å². The molecule has 0 radical (unpaired) electrons. The average Bonchev–Trinajstić information content (AvgIpc) is 2.49. The molecule has 0 saturated carbocycles. The number of rotatable bonds is 2. The lowest BCUT2D eigenvalue weighted by molar-refractivity contribution is -0.114. The molecule has 0 aromatic heterocycles. The van der Waals surface area contributed by atoms with E-state index in [1.165, 1.54) is 14.2 Å². The maximum absolute atomic E-state index is 12.2. The monoisotopic (exact) mass is 268 g/mol. The second kappa shape index (κ2) is 4.49. The quantitative estimate of drug-likeness (QED) is 0.785. The molecular formula is C16H12O4. The highest BCUT2D eigenvalue weighted by Crippen LogP contribution is 2.35. The van der Waals surface area contributed by atoms with Crippen molar-refractivity contribution in [2.45, 2.75) is 0 Å². The standard InChI is InChI=1S/C16H12O4/c1-19-15-12-10-6-4-3-5-9(10)7-8-11(12)13(17)14(18)16(15)20-2/h3-8H,1-2H3. The number of fused-ring (bicyclic) bond motifs is 3. The lowest BCUT2D eigenvalue weighted by Gasteiger charge is -2.21. The lowest BCUT2D eigenvalue weighted by Crippen LogP contribution is -2.25. The van der Waals surface area contributed by atoms with Crippen molar-refractivity contribution >= 4 is 28.1 Å². The maximum atomic E-state index is 12.2. The van der Waals surface area contributed by atoms with E-state index in [4.69, 9.17) is 9.47 Å². The Morgan fingerprint density at radius 2 is 1.50 bits per heavy atom. The van der Waals surface area contributed by atoms with Gasteiger partial charge in [0.25, 0.3) is 5.78 Å². The van der Waals surface area contributed by atoms with Crippen molar-refractivity contribution in [3.05, 3.63) is 53.3 Å². The van der Waals surface area contributed by atoms with Gasteiger partial charge in [0.2, 0.25) is 11.5 Å². The maximum Gasteiger partial charge on any atom is 0.271 e. The summed E-state index contributed by atoms with van der Waals surface area (Å²) in [5.74, 6) is -0.971. The van der Waals surface area contributed by atoms with Crippen LogP contribution < -0.4 is 0 Å². The summed E-state index contributed by atoms with van der Waals surface area (Å²) in [6.07, 6.45) is 0. The van der Waals surface area contributed by atoms with Crippen LogP contribution in [0.3, 0.4) is 0 Å². The highest BCUT2D eigenvalue weighted by molar-refractivity contribution is 6.52. The van der Waals surface area contributed by atoms with E-state index in [1.54, 1.807) is 6.07 Å². The molecule has 1 aliphatic carbocycles. The second-order valence-electron chi connectivity index (χ2n) is 4.43. The van der Waals surface area contributed by atoms with Gasteiger partial charge in [-0.2, -0.15) is 0 Å². The third-order valence-electron chi connectivity index (χ3n) is 3.43. The predicted molar refractivity (Wildman–Crippen MR) is 74.2 cm³/mol. The van der Waals surface area contributed by atoms with E-state index < -0.39 is 11.6 Å². The van der Waals surface area contributed by atoms with Gasteiger partial charge in [0.05, 0.1) is 14.2 Å². The number of carbonyl (C=O) groups excluding carboxylic acids is 2. The molecule has 0 aliphatic heterocycles. The largest absolute Gasteiger partial charge is 0.492 e. The Morgan fingerprint density at radius 3 is 2.20 bits per heavy atom. The second-order valence-corrected chi connectivity index (χ2v) is 4.43. The summed E-state index contributed by atoms with van der Waals surface area (Å²) in [7, 11) is 2.82. The van der Waals surface area contributed by atoms with Crippen LogP contribution in [0.5, 0.6) is 0 Å². The van der Waals surface area contributed by atoms with Crippen LogP contribution in [0, 0.1) is 0 Å². The summed E-state index contributed by atoms with van der Waals surface area (Å²) < 4.78 is 10.4. The number of Topliss-reactive ketones (excluding diaryl/α,β-unsaturated/α-hetero) is 2. The Balaban J connectivity index is 2.47. The molecule has 20 heavy (non-hydrogen) atoms. The molecule has 0 bridgehead atoms. The van der Waals surface area contributed by atoms with Crippen LogP contribution in [0.1, 0.15) is 15.9 Å². The fraction of sp³-hybridized carbons (Fsp3) is 0.125. The van der Waals surface area contributed by atoms with Crippen molar-refractivity contribution in [3.63, 3.8) is 0 Å². The van der Waals surface area contributed by atoms with E-state index in [2.05, 4.69) is 0 Å². The molecule has 0 heterocycles. The zero-order valence-corrected chi connectivity index (χ0v) is 11.1. The molecule has 0 fully saturated rings. The predicted octanol–water partition coefficient (Wildman–Crippen LogP) is 2.57. The van der Waals surface area contributed by atoms with Crippen molar-refractivity contribution in [1.29, 1.82) is 0 Å². The summed E-state index contributed by atoms with van der Waals surface area (Å²) in [6, 6.07) is 11.1. The summed E-state index contributed by atoms with van der Waals surface area (Å²) in [5, 5.41) is 1.83. The molecule has 0 amide bonds. The first-order valence-corrected chi connectivity index (χ1v) is 6.12. The SMILES string of the molecule is COC1=C(OC)c2c(ccc3ccccc23)C(=O)C1=O. The molecule has 2 aromatic carbocycles. The fourth-order valence-corrected chi connectivity index (χ4v) is 2.53. The Bertz CT molecular complexity index is 771. The number of hydrogen-bond donors (Lipinski definition) is 0. The minimum Gasteiger partial charge on any atom is -0.492 e. The van der Waals surface area contributed by atoms with Crippen LogP contribution in [0.15, 0.2) is 42.2 Å². The van der Waals surface area contributed by atoms with Gasteiger partial charge in [-0.1, -0.05) is 30.3 Å². The number of benzene rings is 2. The molecule has 4 nitrogen and oxygen atoms in total. The van der Waals surface area contributed by atoms with E-state index in [9.17, 15) is 9.59 Å². The van der Waals surface area contributed by atoms with Crippen LogP contribution in [0.4, 0.5) is 0 Å². The summed E-state index contributed by atoms with van der Waals surface area (Å²) in [4.78, 5) is 24.2. The smallest absolute Gasteiger partial charge is 0.271 e. The third kappa shape index (κ3) is 1.54. The van der Waals surface area contributed by atoms with Gasteiger partial charge in [-0.25, -0.2) is 0 Å². The van der Waals surface area contributed by atoms with Crippen molar-refractivity contribution in [2.24, 2.45) is 0 Å². The molecule has 1 aliphatic rings. The van der Waals surface area contributed by atoms with Crippen molar-refractivity contribution in [2.75, 3.05) is 14.2 Å². The minimum absolute atomic E-state index is 0.0404. The topological polar surface area (TPSA) is 52.6 Å². The Kier molecular flexibility index (Phi) is 2.79. The van der Waals surface area contributed by atoms with E-state index in [0.29, 0.717) is 16.9 Å². The first-order chi connectivity index (χ1) is 9.69. The Labute approximate surface area is 115 Å². The minimum atomic E-state index is -0.674. The molecule has 100 valence electrons. The van der Waals surface area contributed by atoms with Crippen LogP contribution in [0.2, 0.25) is 0 Å². The van der Waals surface area contributed by atoms with E-state index in [-0.39, 0.29) is 5.76 Å². The molecular weight excluding hydrogens is 256 g/mol. The zero-order valence-electron chi connectivity index (χ0n) is 11.1. The van der Waals surface area contributed by atoms with Gasteiger partial charge >= 0.3 is 0 Å². The Morgan fingerprint density at radius 1 is 0.800 bits per heavy atom. The fourth-order valence-electron chi connectivity index (χ4n) is 2.53. The average molecular weight is 268 g/mol. The highest BCUT2D eigenvalue weighted by atomic mass is 16.5. The van der Waals surface area contributed by atoms with Gasteiger partial charge in [-0.3, -0.25) is 9.59 Å². The van der Waals surface area contributed by atoms with E-state index in [0.717, 1.165) is 10.8 Å². The van der Waals surface area contributed by atoms with Crippen LogP contribution in [0.25, 0.3) is 16.5 Å². The Hall–Kier alpha value is -2.62. The highest BCUT2D eigenvalue weighted by Gasteiger charge is 2.35. The van der Waals surface area contributed by atoms with Gasteiger partial charge in [-0.15, -0.1) is 0 Å². The van der Waals surface area contributed by atoms with Gasteiger partial charge in [0, 0.05) is 11.1 Å². The van der Waals surface area contributed by atoms with Crippen molar-refractivity contribution in [3.8, 4) is 0 Å². The summed E-state index contributed by atoms with van der Waals surface area (Å²) in [6.45, 7) is 0. The van der Waals surface area contributed by atoms with Crippen molar-refractivity contribution < 1.29 is 19.1 Å². The van der Waals surface area contributed by atoms with E-state index >= 15 is 0 Å². The molecule has 0 atom stereocenters. The van der Waals surface area contributed by atoms with Gasteiger partial charge in [-0.05, 0) is 16.8 Å². The van der Waals surface area contributed by atoms with Gasteiger partial charge in [0.1, 0.15) is 0 Å². The number of ether oxygens (including phenoxy) is 2. The number of methoxy groups -OCH3 is 2. The molecule has 0 N–H and O–H groups in total. The zero-order chi connectivity index (χ0) is 14.3. The van der Waals surface area contributed by atoms with E-state index in [1.807, 2.05) is 30.3 Å². The number of hydrogen-bond acceptors (Lipinski definition) is 4. The summed E-state index contributed by atoms with van der Waals surface area (Å²) in [5.41, 5.74) is 0.971. The number of carbonyl (C=O) groups is 2. The van der Waals surface area contributed by atoms with Crippen molar-refractivity contribution in [1.82, 2.24) is 0 Å².